The standard InChI is InChI=1S/C24H30ClF2N5O4/c1-24(2,3)20(32-12-17(29-30-32)13-7-8-13)22(35)31-11-14(33)9-18(31)21(34)28-10-15-16(25)5-4-6-19(15)36-23(26)27/h4-6,12-14,18,20,23,33H,7-11H2,1-3H3,(H,28,34)/t14-,18+,20-/m1/s1. The van der Waals surface area contributed by atoms with Crippen molar-refractivity contribution in [3.63, 3.8) is 0 Å². The number of β-amino-alcohol motifs (C(OH)–C–C–N with tert-alkyl or cyclic N) is 1. The van der Waals surface area contributed by atoms with Crippen LogP contribution in [0.15, 0.2) is 24.4 Å². The Balaban J connectivity index is 1.52. The number of hydrogen-bond acceptors (Lipinski definition) is 6. The number of nitrogens with one attached hydrogen (secondary N) is 1. The number of ether oxygens (including phenoxy) is 1. The first kappa shape index (κ1) is 26.3. The van der Waals surface area contributed by atoms with Crippen molar-refractivity contribution in [1.82, 2.24) is 25.2 Å². The number of carbonyl (C=O) groups is 2. The molecule has 2 N–H and O–H groups in total. The summed E-state index contributed by atoms with van der Waals surface area (Å²) in [6.07, 6.45) is 3.03. The van der Waals surface area contributed by atoms with Gasteiger partial charge in [-0.15, -0.1) is 5.10 Å². The lowest BCUT2D eigenvalue weighted by Gasteiger charge is -2.34. The zero-order valence-electron chi connectivity index (χ0n) is 20.3. The molecule has 2 aliphatic rings. The summed E-state index contributed by atoms with van der Waals surface area (Å²) in [4.78, 5) is 28.3. The van der Waals surface area contributed by atoms with Crippen molar-refractivity contribution in [3.8, 4) is 5.75 Å². The molecule has 2 amide bonds. The van der Waals surface area contributed by atoms with Gasteiger partial charge in [0.1, 0.15) is 17.8 Å². The number of rotatable bonds is 8. The number of aromatic nitrogens is 3. The Morgan fingerprint density at radius 2 is 2.03 bits per heavy atom. The van der Waals surface area contributed by atoms with Crippen molar-refractivity contribution in [3.05, 3.63) is 40.7 Å². The number of halogens is 3. The summed E-state index contributed by atoms with van der Waals surface area (Å²) in [6, 6.07) is 2.60. The maximum Gasteiger partial charge on any atom is 0.387 e. The Morgan fingerprint density at radius 3 is 2.67 bits per heavy atom. The third kappa shape index (κ3) is 5.78. The first-order valence-electron chi connectivity index (χ1n) is 11.9. The van der Waals surface area contributed by atoms with Gasteiger partial charge in [0.2, 0.25) is 11.8 Å². The SMILES string of the molecule is CC(C)(C)[C@@H](C(=O)N1C[C@H](O)C[C@H]1C(=O)NCc1c(Cl)cccc1OC(F)F)n1cc(C2CC2)nn1. The van der Waals surface area contributed by atoms with E-state index >= 15 is 0 Å². The summed E-state index contributed by atoms with van der Waals surface area (Å²) in [6.45, 7) is 2.44. The fourth-order valence-corrected chi connectivity index (χ4v) is 4.77. The summed E-state index contributed by atoms with van der Waals surface area (Å²) in [5.41, 5.74) is 0.473. The van der Waals surface area contributed by atoms with Gasteiger partial charge in [0, 0.05) is 42.2 Å². The maximum atomic E-state index is 13.8. The van der Waals surface area contributed by atoms with Gasteiger partial charge in [0.05, 0.1) is 11.8 Å². The summed E-state index contributed by atoms with van der Waals surface area (Å²) in [5, 5.41) is 21.6. The molecule has 1 aromatic carbocycles. The molecule has 2 heterocycles. The second-order valence-corrected chi connectivity index (χ2v) is 10.8. The smallest absolute Gasteiger partial charge is 0.387 e. The summed E-state index contributed by atoms with van der Waals surface area (Å²) < 4.78 is 31.6. The Labute approximate surface area is 212 Å². The second-order valence-electron chi connectivity index (χ2n) is 10.4. The Hall–Kier alpha value is -2.79. The van der Waals surface area contributed by atoms with E-state index in [1.165, 1.54) is 23.1 Å². The predicted molar refractivity (Wildman–Crippen MR) is 127 cm³/mol. The molecule has 2 fully saturated rings. The van der Waals surface area contributed by atoms with E-state index < -0.39 is 36.1 Å². The topological polar surface area (TPSA) is 110 Å². The molecule has 1 aliphatic heterocycles. The van der Waals surface area contributed by atoms with E-state index in [4.69, 9.17) is 11.6 Å². The van der Waals surface area contributed by atoms with Crippen molar-refractivity contribution in [2.75, 3.05) is 6.54 Å². The molecular weight excluding hydrogens is 496 g/mol. The van der Waals surface area contributed by atoms with Crippen molar-refractivity contribution in [2.45, 2.75) is 77.3 Å². The van der Waals surface area contributed by atoms with Gasteiger partial charge in [0.15, 0.2) is 0 Å². The van der Waals surface area contributed by atoms with Crippen LogP contribution in [0.1, 0.15) is 63.3 Å². The quantitative estimate of drug-likeness (QED) is 0.547. The van der Waals surface area contributed by atoms with E-state index in [-0.39, 0.29) is 41.8 Å². The summed E-state index contributed by atoms with van der Waals surface area (Å²) >= 11 is 6.15. The fraction of sp³-hybridized carbons (Fsp3) is 0.583. The van der Waals surface area contributed by atoms with E-state index in [0.29, 0.717) is 5.92 Å². The van der Waals surface area contributed by atoms with E-state index in [9.17, 15) is 23.5 Å². The Kier molecular flexibility index (Phi) is 7.51. The van der Waals surface area contributed by atoms with Gasteiger partial charge >= 0.3 is 6.61 Å². The monoisotopic (exact) mass is 525 g/mol. The van der Waals surface area contributed by atoms with Crippen molar-refractivity contribution in [1.29, 1.82) is 0 Å². The highest BCUT2D eigenvalue weighted by atomic mass is 35.5. The molecule has 1 aromatic heterocycles. The lowest BCUT2D eigenvalue weighted by molar-refractivity contribution is -0.144. The minimum Gasteiger partial charge on any atom is -0.434 e. The molecule has 36 heavy (non-hydrogen) atoms. The van der Waals surface area contributed by atoms with E-state index in [2.05, 4.69) is 20.4 Å². The van der Waals surface area contributed by atoms with Crippen LogP contribution in [0.4, 0.5) is 8.78 Å². The number of aliphatic hydroxyl groups is 1. The molecule has 1 saturated heterocycles. The fourth-order valence-electron chi connectivity index (χ4n) is 4.54. The molecule has 4 rings (SSSR count). The van der Waals surface area contributed by atoms with Crippen LogP contribution in [-0.4, -0.2) is 62.1 Å². The minimum atomic E-state index is -3.05. The average Bonchev–Trinajstić information content (AvgIpc) is 3.39. The molecule has 9 nitrogen and oxygen atoms in total. The maximum absolute atomic E-state index is 13.8. The number of hydrogen-bond donors (Lipinski definition) is 2. The zero-order chi connectivity index (χ0) is 26.2. The molecule has 1 aliphatic carbocycles. The van der Waals surface area contributed by atoms with Crippen LogP contribution >= 0.6 is 11.6 Å². The molecule has 0 radical (unpaired) electrons. The van der Waals surface area contributed by atoms with Crippen LogP contribution in [0.3, 0.4) is 0 Å². The van der Waals surface area contributed by atoms with Gasteiger partial charge in [-0.3, -0.25) is 9.59 Å². The van der Waals surface area contributed by atoms with Crippen molar-refractivity contribution >= 4 is 23.4 Å². The van der Waals surface area contributed by atoms with E-state index in [1.54, 1.807) is 10.9 Å². The van der Waals surface area contributed by atoms with Gasteiger partial charge in [0.25, 0.3) is 0 Å². The second kappa shape index (κ2) is 10.3. The summed E-state index contributed by atoms with van der Waals surface area (Å²) in [7, 11) is 0. The zero-order valence-corrected chi connectivity index (χ0v) is 21.1. The van der Waals surface area contributed by atoms with Crippen LogP contribution in [0.25, 0.3) is 0 Å². The lowest BCUT2D eigenvalue weighted by atomic mass is 9.85. The highest BCUT2D eigenvalue weighted by Crippen LogP contribution is 2.40. The van der Waals surface area contributed by atoms with Gasteiger partial charge < -0.3 is 20.1 Å². The molecule has 2 aromatic rings. The molecular formula is C24H30ClF2N5O4. The summed E-state index contributed by atoms with van der Waals surface area (Å²) in [5.74, 6) is -0.674. The van der Waals surface area contributed by atoms with E-state index in [0.717, 1.165) is 18.5 Å². The molecule has 0 bridgehead atoms. The number of amides is 2. The molecule has 1 saturated carbocycles. The Bertz CT molecular complexity index is 1120. The minimum absolute atomic E-state index is 0.0144. The van der Waals surface area contributed by atoms with Crippen LogP contribution < -0.4 is 10.1 Å². The normalized spacial score (nSPS) is 21.1. The molecule has 196 valence electrons. The van der Waals surface area contributed by atoms with Gasteiger partial charge in [-0.25, -0.2) is 4.68 Å². The third-order valence-corrected chi connectivity index (χ3v) is 6.79. The average molecular weight is 526 g/mol. The van der Waals surface area contributed by atoms with Gasteiger partial charge in [-0.1, -0.05) is 43.7 Å². The number of benzene rings is 1. The highest BCUT2D eigenvalue weighted by molar-refractivity contribution is 6.31. The number of alkyl halides is 2. The molecule has 12 heteroatoms. The molecule has 0 unspecified atom stereocenters. The number of carbonyl (C=O) groups excluding carboxylic acids is 2. The van der Waals surface area contributed by atoms with Crippen LogP contribution in [0, 0.1) is 5.41 Å². The van der Waals surface area contributed by atoms with Gasteiger partial charge in [-0.2, -0.15) is 8.78 Å². The largest absolute Gasteiger partial charge is 0.434 e. The molecule has 3 atom stereocenters. The number of nitrogens with zero attached hydrogens (tertiary/aromatic N) is 4. The lowest BCUT2D eigenvalue weighted by Crippen LogP contribution is -2.50. The predicted octanol–water partition coefficient (Wildman–Crippen LogP) is 3.28. The first-order valence-corrected chi connectivity index (χ1v) is 12.2. The third-order valence-electron chi connectivity index (χ3n) is 6.44. The van der Waals surface area contributed by atoms with Crippen LogP contribution in [0.5, 0.6) is 5.75 Å². The van der Waals surface area contributed by atoms with Crippen molar-refractivity contribution in [2.24, 2.45) is 5.41 Å². The van der Waals surface area contributed by atoms with Crippen LogP contribution in [0.2, 0.25) is 5.02 Å². The van der Waals surface area contributed by atoms with Crippen molar-refractivity contribution < 1.29 is 28.2 Å². The van der Waals surface area contributed by atoms with E-state index in [1.807, 2.05) is 20.8 Å². The van der Waals surface area contributed by atoms with Crippen LogP contribution in [-0.2, 0) is 16.1 Å². The molecule has 0 spiro atoms. The van der Waals surface area contributed by atoms with Gasteiger partial charge in [-0.05, 0) is 30.4 Å². The first-order chi connectivity index (χ1) is 17.0. The number of likely N-dealkylation sites (tertiary alicyclic amines) is 1. The number of aliphatic hydroxyl groups excluding tert-OH is 1. The Morgan fingerprint density at radius 1 is 1.31 bits per heavy atom. The highest BCUT2D eigenvalue weighted by Gasteiger charge is 2.45.